The fourth-order valence-corrected chi connectivity index (χ4v) is 5.02. The van der Waals surface area contributed by atoms with Gasteiger partial charge in [-0.15, -0.1) is 0 Å². The van der Waals surface area contributed by atoms with Gasteiger partial charge in [-0.25, -0.2) is 8.42 Å². The Labute approximate surface area is 115 Å². The second kappa shape index (κ2) is 4.91. The zero-order chi connectivity index (χ0) is 13.5. The summed E-state index contributed by atoms with van der Waals surface area (Å²) in [5.41, 5.74) is 1.03. The molecular weight excluding hydrogens is 258 g/mol. The maximum absolute atomic E-state index is 12.2. The number of benzene rings is 1. The minimum atomic E-state index is -3.06. The number of hydrogen-bond donors (Lipinski definition) is 1. The van der Waals surface area contributed by atoms with E-state index >= 15 is 0 Å². The molecule has 0 radical (unpaired) electrons. The first-order valence-corrected chi connectivity index (χ1v) is 8.82. The third-order valence-electron chi connectivity index (χ3n) is 4.39. The van der Waals surface area contributed by atoms with Crippen LogP contribution in [0.2, 0.25) is 0 Å². The lowest BCUT2D eigenvalue weighted by Gasteiger charge is -2.22. The molecule has 0 saturated heterocycles. The third-order valence-corrected chi connectivity index (χ3v) is 6.23. The van der Waals surface area contributed by atoms with Crippen LogP contribution < -0.4 is 5.32 Å². The summed E-state index contributed by atoms with van der Waals surface area (Å²) in [6.07, 6.45) is 3.57. The summed E-state index contributed by atoms with van der Waals surface area (Å²) in [6, 6.07) is 8.20. The summed E-state index contributed by atoms with van der Waals surface area (Å²) < 4.78 is 24.4. The number of rotatable bonds is 5. The van der Waals surface area contributed by atoms with Crippen LogP contribution in [-0.2, 0) is 9.84 Å². The van der Waals surface area contributed by atoms with E-state index in [4.69, 9.17) is 0 Å². The molecule has 4 heteroatoms. The highest BCUT2D eigenvalue weighted by molar-refractivity contribution is 7.91. The monoisotopic (exact) mass is 279 g/mol. The Bertz CT molecular complexity index is 563. The Kier molecular flexibility index (Phi) is 3.39. The molecule has 2 atom stereocenters. The average Bonchev–Trinajstić information content (AvgIpc) is 3.18. The fraction of sp³-hybridized carbons (Fsp3) is 0.600. The van der Waals surface area contributed by atoms with E-state index in [1.54, 1.807) is 6.07 Å². The summed E-state index contributed by atoms with van der Waals surface area (Å²) in [5.74, 6) is 0.869. The first-order chi connectivity index (χ1) is 9.12. The predicted octanol–water partition coefficient (Wildman–Crippen LogP) is 2.34. The molecule has 1 aromatic rings. The molecule has 0 aromatic heterocycles. The Balaban J connectivity index is 1.84. The molecule has 19 heavy (non-hydrogen) atoms. The van der Waals surface area contributed by atoms with Crippen LogP contribution in [0.1, 0.15) is 37.7 Å². The lowest BCUT2D eigenvalue weighted by atomic mass is 9.86. The third kappa shape index (κ3) is 2.56. The van der Waals surface area contributed by atoms with Gasteiger partial charge < -0.3 is 5.32 Å². The normalized spacial score (nSPS) is 26.1. The van der Waals surface area contributed by atoms with Crippen molar-refractivity contribution < 1.29 is 8.42 Å². The Hall–Kier alpha value is -0.870. The molecule has 1 aromatic carbocycles. The highest BCUT2D eigenvalue weighted by Gasteiger charge is 2.38. The van der Waals surface area contributed by atoms with Crippen molar-refractivity contribution >= 4 is 9.84 Å². The second-order valence-corrected chi connectivity index (χ2v) is 7.78. The van der Waals surface area contributed by atoms with Gasteiger partial charge in [-0.05, 0) is 36.9 Å². The topological polar surface area (TPSA) is 46.2 Å². The SMILES string of the molecule is CCC(CNC1CC1)C1CS(=O)(=O)c2ccccc21. The van der Waals surface area contributed by atoms with Gasteiger partial charge in [0.2, 0.25) is 0 Å². The molecule has 0 spiro atoms. The van der Waals surface area contributed by atoms with E-state index in [0.717, 1.165) is 18.5 Å². The highest BCUT2D eigenvalue weighted by atomic mass is 32.2. The van der Waals surface area contributed by atoms with Gasteiger partial charge >= 0.3 is 0 Å². The molecule has 2 unspecified atom stereocenters. The molecule has 0 bridgehead atoms. The molecule has 3 nitrogen and oxygen atoms in total. The maximum Gasteiger partial charge on any atom is 0.179 e. The molecule has 1 saturated carbocycles. The molecular formula is C15H21NO2S. The summed E-state index contributed by atoms with van der Waals surface area (Å²) in [7, 11) is -3.06. The molecule has 3 rings (SSSR count). The Morgan fingerprint density at radius 3 is 2.74 bits per heavy atom. The van der Waals surface area contributed by atoms with Crippen molar-refractivity contribution in [2.24, 2.45) is 5.92 Å². The van der Waals surface area contributed by atoms with Crippen LogP contribution in [0, 0.1) is 5.92 Å². The second-order valence-electron chi connectivity index (χ2n) is 5.78. The van der Waals surface area contributed by atoms with Gasteiger partial charge in [-0.2, -0.15) is 0 Å². The highest BCUT2D eigenvalue weighted by Crippen LogP contribution is 2.40. The first kappa shape index (κ1) is 13.1. The lowest BCUT2D eigenvalue weighted by Crippen LogP contribution is -2.29. The average molecular weight is 279 g/mol. The zero-order valence-electron chi connectivity index (χ0n) is 11.3. The van der Waals surface area contributed by atoms with Crippen LogP contribution in [-0.4, -0.2) is 26.8 Å². The maximum atomic E-state index is 12.2. The summed E-state index contributed by atoms with van der Waals surface area (Å²) in [4.78, 5) is 0.560. The minimum absolute atomic E-state index is 0.164. The molecule has 1 fully saturated rings. The summed E-state index contributed by atoms with van der Waals surface area (Å²) >= 11 is 0. The standard InChI is InChI=1S/C15H21NO2S/c1-2-11(9-16-12-7-8-12)14-10-19(17,18)15-6-4-3-5-13(14)15/h3-6,11-12,14,16H,2,7-10H2,1H3. The quantitative estimate of drug-likeness (QED) is 0.900. The van der Waals surface area contributed by atoms with Crippen molar-refractivity contribution in [3.63, 3.8) is 0 Å². The van der Waals surface area contributed by atoms with Crippen LogP contribution in [0.5, 0.6) is 0 Å². The first-order valence-electron chi connectivity index (χ1n) is 7.17. The van der Waals surface area contributed by atoms with E-state index in [1.165, 1.54) is 12.8 Å². The van der Waals surface area contributed by atoms with Gasteiger partial charge in [-0.1, -0.05) is 31.5 Å². The van der Waals surface area contributed by atoms with Crippen molar-refractivity contribution in [1.82, 2.24) is 5.32 Å². The molecule has 1 aliphatic carbocycles. The smallest absolute Gasteiger partial charge is 0.179 e. The van der Waals surface area contributed by atoms with E-state index in [0.29, 0.717) is 16.9 Å². The Morgan fingerprint density at radius 1 is 1.32 bits per heavy atom. The van der Waals surface area contributed by atoms with Crippen LogP contribution >= 0.6 is 0 Å². The van der Waals surface area contributed by atoms with Crippen LogP contribution in [0.15, 0.2) is 29.2 Å². The zero-order valence-corrected chi connectivity index (χ0v) is 12.1. The Morgan fingerprint density at radius 2 is 2.05 bits per heavy atom. The van der Waals surface area contributed by atoms with Crippen molar-refractivity contribution in [3.05, 3.63) is 29.8 Å². The van der Waals surface area contributed by atoms with Gasteiger partial charge in [0, 0.05) is 12.0 Å². The van der Waals surface area contributed by atoms with Gasteiger partial charge in [0.05, 0.1) is 10.6 Å². The molecule has 2 aliphatic rings. The van der Waals surface area contributed by atoms with Crippen LogP contribution in [0.3, 0.4) is 0 Å². The molecule has 1 N–H and O–H groups in total. The molecule has 0 amide bonds. The van der Waals surface area contributed by atoms with E-state index < -0.39 is 9.84 Å². The molecule has 1 aliphatic heterocycles. The largest absolute Gasteiger partial charge is 0.314 e. The molecule has 1 heterocycles. The lowest BCUT2D eigenvalue weighted by molar-refractivity contribution is 0.404. The number of hydrogen-bond acceptors (Lipinski definition) is 3. The van der Waals surface area contributed by atoms with Crippen molar-refractivity contribution in [2.45, 2.75) is 43.0 Å². The number of nitrogens with one attached hydrogen (secondary N) is 1. The van der Waals surface area contributed by atoms with Crippen molar-refractivity contribution in [2.75, 3.05) is 12.3 Å². The van der Waals surface area contributed by atoms with E-state index in [-0.39, 0.29) is 11.7 Å². The van der Waals surface area contributed by atoms with Crippen molar-refractivity contribution in [3.8, 4) is 0 Å². The van der Waals surface area contributed by atoms with E-state index in [2.05, 4.69) is 12.2 Å². The molecule has 104 valence electrons. The van der Waals surface area contributed by atoms with Gasteiger partial charge in [0.1, 0.15) is 0 Å². The minimum Gasteiger partial charge on any atom is -0.314 e. The number of fused-ring (bicyclic) bond motifs is 1. The fourth-order valence-electron chi connectivity index (χ4n) is 3.05. The summed E-state index contributed by atoms with van der Waals surface area (Å²) in [6.45, 7) is 3.10. The predicted molar refractivity (Wildman–Crippen MR) is 76.0 cm³/mol. The van der Waals surface area contributed by atoms with Crippen LogP contribution in [0.25, 0.3) is 0 Å². The van der Waals surface area contributed by atoms with Gasteiger partial charge in [0.25, 0.3) is 0 Å². The van der Waals surface area contributed by atoms with Gasteiger partial charge in [0.15, 0.2) is 9.84 Å². The van der Waals surface area contributed by atoms with E-state index in [9.17, 15) is 8.42 Å². The van der Waals surface area contributed by atoms with E-state index in [1.807, 2.05) is 18.2 Å². The van der Waals surface area contributed by atoms with Gasteiger partial charge in [-0.3, -0.25) is 0 Å². The van der Waals surface area contributed by atoms with Crippen molar-refractivity contribution in [1.29, 1.82) is 0 Å². The number of sulfone groups is 1. The van der Waals surface area contributed by atoms with Crippen LogP contribution in [0.4, 0.5) is 0 Å². The summed E-state index contributed by atoms with van der Waals surface area (Å²) in [5, 5.41) is 3.55.